The normalized spacial score (nSPS) is 18.5. The molecule has 1 aliphatic heterocycles. The second-order valence-corrected chi connectivity index (χ2v) is 8.79. The lowest BCUT2D eigenvalue weighted by molar-refractivity contribution is 0.104. The van der Waals surface area contributed by atoms with E-state index in [0.29, 0.717) is 5.41 Å². The number of ketones is 1. The summed E-state index contributed by atoms with van der Waals surface area (Å²) < 4.78 is 0. The Labute approximate surface area is 174 Å². The molecule has 1 aliphatic carbocycles. The third-order valence-corrected chi connectivity index (χ3v) is 6.47. The Morgan fingerprint density at radius 1 is 1.14 bits per heavy atom. The van der Waals surface area contributed by atoms with Crippen LogP contribution in [0.25, 0.3) is 0 Å². The maximum atomic E-state index is 12.0. The molecule has 0 bridgehead atoms. The second-order valence-electron chi connectivity index (χ2n) is 8.79. The standard InChI is InChI=1S/C25H31N3O/c1-4-23(29)21-9-8-19(2)22(16-21)17-25(10-11-25)18-27-12-14-28(15-13-27)24-7-5-6-20(3)26-24/h4-9,16H,1,10-15,17-18H2,2-3H3. The van der Waals surface area contributed by atoms with Crippen molar-refractivity contribution in [3.05, 3.63) is 71.4 Å². The summed E-state index contributed by atoms with van der Waals surface area (Å²) in [6.07, 6.45) is 5.04. The zero-order valence-corrected chi connectivity index (χ0v) is 17.7. The lowest BCUT2D eigenvalue weighted by Gasteiger charge is -2.37. The van der Waals surface area contributed by atoms with Crippen LogP contribution in [0.4, 0.5) is 5.82 Å². The molecule has 1 aromatic carbocycles. The Morgan fingerprint density at radius 2 is 1.90 bits per heavy atom. The summed E-state index contributed by atoms with van der Waals surface area (Å²) in [7, 11) is 0. The minimum absolute atomic E-state index is 0.0111. The Morgan fingerprint density at radius 3 is 2.55 bits per heavy atom. The van der Waals surface area contributed by atoms with E-state index in [-0.39, 0.29) is 5.78 Å². The average molecular weight is 390 g/mol. The highest BCUT2D eigenvalue weighted by Gasteiger charge is 2.44. The van der Waals surface area contributed by atoms with Crippen LogP contribution in [0.1, 0.15) is 40.0 Å². The third-order valence-electron chi connectivity index (χ3n) is 6.47. The second kappa shape index (κ2) is 8.11. The maximum absolute atomic E-state index is 12.0. The van der Waals surface area contributed by atoms with E-state index in [0.717, 1.165) is 56.2 Å². The van der Waals surface area contributed by atoms with E-state index in [4.69, 9.17) is 0 Å². The van der Waals surface area contributed by atoms with Gasteiger partial charge in [-0.1, -0.05) is 24.8 Å². The largest absolute Gasteiger partial charge is 0.354 e. The SMILES string of the molecule is C=CC(=O)c1ccc(C)c(CC2(CN3CCN(c4cccc(C)n4)CC3)CC2)c1. The van der Waals surface area contributed by atoms with Crippen molar-refractivity contribution in [3.63, 3.8) is 0 Å². The van der Waals surface area contributed by atoms with Crippen molar-refractivity contribution in [1.82, 2.24) is 9.88 Å². The van der Waals surface area contributed by atoms with Crippen LogP contribution < -0.4 is 4.90 Å². The zero-order valence-electron chi connectivity index (χ0n) is 17.7. The summed E-state index contributed by atoms with van der Waals surface area (Å²) in [6, 6.07) is 12.3. The molecule has 2 aromatic rings. The number of aromatic nitrogens is 1. The van der Waals surface area contributed by atoms with Crippen molar-refractivity contribution in [2.45, 2.75) is 33.1 Å². The Kier molecular flexibility index (Phi) is 5.55. The van der Waals surface area contributed by atoms with Gasteiger partial charge in [-0.15, -0.1) is 0 Å². The molecular weight excluding hydrogens is 358 g/mol. The van der Waals surface area contributed by atoms with Crippen molar-refractivity contribution in [2.75, 3.05) is 37.6 Å². The molecule has 4 rings (SSSR count). The van der Waals surface area contributed by atoms with Gasteiger partial charge in [0.2, 0.25) is 0 Å². The van der Waals surface area contributed by atoms with Gasteiger partial charge >= 0.3 is 0 Å². The van der Waals surface area contributed by atoms with Gasteiger partial charge < -0.3 is 4.90 Å². The van der Waals surface area contributed by atoms with Crippen LogP contribution in [-0.2, 0) is 6.42 Å². The van der Waals surface area contributed by atoms with E-state index >= 15 is 0 Å². The molecule has 29 heavy (non-hydrogen) atoms. The molecule has 1 saturated carbocycles. The van der Waals surface area contributed by atoms with Gasteiger partial charge in [0, 0.05) is 44.0 Å². The van der Waals surface area contributed by atoms with Gasteiger partial charge in [-0.25, -0.2) is 4.98 Å². The first-order chi connectivity index (χ1) is 14.0. The number of rotatable bonds is 7. The highest BCUT2D eigenvalue weighted by atomic mass is 16.1. The van der Waals surface area contributed by atoms with Crippen molar-refractivity contribution in [3.8, 4) is 0 Å². The summed E-state index contributed by atoms with van der Waals surface area (Å²) in [5.74, 6) is 1.11. The molecule has 4 heteroatoms. The Hall–Kier alpha value is -2.46. The van der Waals surface area contributed by atoms with Gasteiger partial charge in [0.25, 0.3) is 0 Å². The molecule has 1 saturated heterocycles. The maximum Gasteiger partial charge on any atom is 0.185 e. The molecule has 1 aromatic heterocycles. The molecule has 0 amide bonds. The number of anilines is 1. The lowest BCUT2D eigenvalue weighted by Crippen LogP contribution is -2.48. The number of nitrogens with zero attached hydrogens (tertiary/aromatic N) is 3. The highest BCUT2D eigenvalue weighted by molar-refractivity contribution is 6.04. The summed E-state index contributed by atoms with van der Waals surface area (Å²) >= 11 is 0. The first-order valence-corrected chi connectivity index (χ1v) is 10.7. The molecule has 0 radical (unpaired) electrons. The first-order valence-electron chi connectivity index (χ1n) is 10.7. The van der Waals surface area contributed by atoms with E-state index in [1.165, 1.54) is 30.0 Å². The van der Waals surface area contributed by atoms with Crippen LogP contribution in [-0.4, -0.2) is 48.4 Å². The molecule has 4 nitrogen and oxygen atoms in total. The quantitative estimate of drug-likeness (QED) is 0.525. The van der Waals surface area contributed by atoms with Gasteiger partial charge in [-0.3, -0.25) is 9.69 Å². The summed E-state index contributed by atoms with van der Waals surface area (Å²) in [6.45, 7) is 13.2. The molecule has 0 unspecified atom stereocenters. The van der Waals surface area contributed by atoms with Crippen molar-refractivity contribution < 1.29 is 4.79 Å². The van der Waals surface area contributed by atoms with Gasteiger partial charge in [-0.2, -0.15) is 0 Å². The van der Waals surface area contributed by atoms with Crippen LogP contribution in [0.5, 0.6) is 0 Å². The van der Waals surface area contributed by atoms with Crippen LogP contribution in [0.15, 0.2) is 49.1 Å². The number of benzene rings is 1. The van der Waals surface area contributed by atoms with Crippen molar-refractivity contribution >= 4 is 11.6 Å². The van der Waals surface area contributed by atoms with Crippen molar-refractivity contribution in [2.24, 2.45) is 5.41 Å². The van der Waals surface area contributed by atoms with Gasteiger partial charge in [0.05, 0.1) is 0 Å². The minimum atomic E-state index is 0.0111. The molecule has 2 aliphatic rings. The van der Waals surface area contributed by atoms with Crippen LogP contribution >= 0.6 is 0 Å². The monoisotopic (exact) mass is 389 g/mol. The molecular formula is C25H31N3O. The molecule has 0 atom stereocenters. The number of pyridine rings is 1. The topological polar surface area (TPSA) is 36.4 Å². The van der Waals surface area contributed by atoms with Crippen LogP contribution in [0.2, 0.25) is 0 Å². The van der Waals surface area contributed by atoms with Crippen LogP contribution in [0, 0.1) is 19.3 Å². The van der Waals surface area contributed by atoms with Crippen LogP contribution in [0.3, 0.4) is 0 Å². The average Bonchev–Trinajstić information content (AvgIpc) is 3.48. The number of allylic oxidation sites excluding steroid dienone is 1. The van der Waals surface area contributed by atoms with Gasteiger partial charge in [-0.05, 0) is 73.9 Å². The third kappa shape index (κ3) is 4.59. The molecule has 2 fully saturated rings. The van der Waals surface area contributed by atoms with Gasteiger partial charge in [0.15, 0.2) is 5.78 Å². The number of carbonyl (C=O) groups excluding carboxylic acids is 1. The van der Waals surface area contributed by atoms with E-state index in [1.807, 2.05) is 6.07 Å². The predicted octanol–water partition coefficient (Wildman–Crippen LogP) is 4.21. The zero-order chi connectivity index (χ0) is 20.4. The van der Waals surface area contributed by atoms with Gasteiger partial charge in [0.1, 0.15) is 5.82 Å². The lowest BCUT2D eigenvalue weighted by atomic mass is 9.91. The smallest absolute Gasteiger partial charge is 0.185 e. The number of carbonyl (C=O) groups is 1. The minimum Gasteiger partial charge on any atom is -0.354 e. The first kappa shape index (κ1) is 19.8. The fourth-order valence-corrected chi connectivity index (χ4v) is 4.42. The summed E-state index contributed by atoms with van der Waals surface area (Å²) in [5, 5.41) is 0. The van der Waals surface area contributed by atoms with E-state index in [1.54, 1.807) is 0 Å². The Bertz CT molecular complexity index is 908. The molecule has 2 heterocycles. The number of hydrogen-bond acceptors (Lipinski definition) is 4. The Balaban J connectivity index is 1.37. The summed E-state index contributed by atoms with van der Waals surface area (Å²) in [4.78, 5) is 21.7. The fraction of sp³-hybridized carbons (Fsp3) is 0.440. The molecule has 152 valence electrons. The van der Waals surface area contributed by atoms with Crippen molar-refractivity contribution in [1.29, 1.82) is 0 Å². The predicted molar refractivity (Wildman–Crippen MR) is 119 cm³/mol. The molecule has 0 N–H and O–H groups in total. The van der Waals surface area contributed by atoms with E-state index in [2.05, 4.69) is 65.5 Å². The van der Waals surface area contributed by atoms with E-state index in [9.17, 15) is 4.79 Å². The van der Waals surface area contributed by atoms with E-state index < -0.39 is 0 Å². The highest BCUT2D eigenvalue weighted by Crippen LogP contribution is 2.49. The number of hydrogen-bond donors (Lipinski definition) is 0. The summed E-state index contributed by atoms with van der Waals surface area (Å²) in [5.41, 5.74) is 4.82. The molecule has 0 spiro atoms. The fourth-order valence-electron chi connectivity index (χ4n) is 4.42. The number of aryl methyl sites for hydroxylation is 2. The number of piperazine rings is 1.